The van der Waals surface area contributed by atoms with Crippen molar-refractivity contribution >= 4 is 11.6 Å². The zero-order valence-electron chi connectivity index (χ0n) is 14.8. The quantitative estimate of drug-likeness (QED) is 0.737. The Bertz CT molecular complexity index is 849. The molecule has 1 aliphatic heterocycles. The fourth-order valence-corrected chi connectivity index (χ4v) is 3.69. The largest absolute Gasteiger partial charge is 0.339 e. The second-order valence-corrected chi connectivity index (χ2v) is 7.27. The fourth-order valence-electron chi connectivity index (χ4n) is 3.57. The molecule has 7 heteroatoms. The van der Waals surface area contributed by atoms with Gasteiger partial charge in [-0.3, -0.25) is 5.10 Å². The molecule has 2 aromatic heterocycles. The first-order valence-electron chi connectivity index (χ1n) is 9.00. The topological polar surface area (TPSA) is 70.8 Å². The van der Waals surface area contributed by atoms with Crippen molar-refractivity contribution in [3.8, 4) is 11.4 Å². The van der Waals surface area contributed by atoms with Crippen LogP contribution in [-0.2, 0) is 6.42 Å². The molecule has 3 heterocycles. The molecule has 136 valence electrons. The Morgan fingerprint density at radius 1 is 1.23 bits per heavy atom. The van der Waals surface area contributed by atoms with E-state index < -0.39 is 0 Å². The predicted octanol–water partition coefficient (Wildman–Crippen LogP) is 3.84. The normalized spacial score (nSPS) is 16.2. The Kier molecular flexibility index (Phi) is 5.04. The molecule has 0 atom stereocenters. The van der Waals surface area contributed by atoms with E-state index in [1.165, 1.54) is 24.1 Å². The molecule has 1 saturated heterocycles. The number of benzene rings is 1. The maximum Gasteiger partial charge on any atom is 0.228 e. The molecule has 1 aliphatic rings. The average Bonchev–Trinajstić information content (AvgIpc) is 3.30. The maximum atomic E-state index is 5.92. The lowest BCUT2D eigenvalue weighted by Crippen LogP contribution is -2.34. The molecule has 26 heavy (non-hydrogen) atoms. The maximum absolute atomic E-state index is 5.92. The van der Waals surface area contributed by atoms with Gasteiger partial charge in [0, 0.05) is 29.2 Å². The Hall–Kier alpha value is -2.18. The molecule has 0 unspecified atom stereocenters. The minimum atomic E-state index is 0.616. The fraction of sp³-hybridized carbons (Fsp3) is 0.421. The van der Waals surface area contributed by atoms with E-state index in [0.29, 0.717) is 22.7 Å². The summed E-state index contributed by atoms with van der Waals surface area (Å²) in [6.45, 7) is 5.23. The number of piperidine rings is 1. The highest BCUT2D eigenvalue weighted by atomic mass is 35.5. The van der Waals surface area contributed by atoms with Gasteiger partial charge < -0.3 is 9.42 Å². The van der Waals surface area contributed by atoms with Gasteiger partial charge in [-0.1, -0.05) is 16.8 Å². The molecule has 0 saturated carbocycles. The van der Waals surface area contributed by atoms with Gasteiger partial charge in [0.2, 0.25) is 11.7 Å². The summed E-state index contributed by atoms with van der Waals surface area (Å²) in [6, 6.07) is 7.47. The molecule has 1 aromatic carbocycles. The number of hydrogen-bond acceptors (Lipinski definition) is 5. The van der Waals surface area contributed by atoms with Gasteiger partial charge in [0.25, 0.3) is 0 Å². The van der Waals surface area contributed by atoms with Crippen molar-refractivity contribution in [3.05, 3.63) is 52.6 Å². The van der Waals surface area contributed by atoms with Crippen LogP contribution in [0.4, 0.5) is 0 Å². The van der Waals surface area contributed by atoms with E-state index in [1.54, 1.807) is 0 Å². The molecule has 0 aliphatic carbocycles. The van der Waals surface area contributed by atoms with E-state index >= 15 is 0 Å². The lowest BCUT2D eigenvalue weighted by atomic mass is 9.90. The van der Waals surface area contributed by atoms with E-state index in [-0.39, 0.29) is 0 Å². The molecule has 0 radical (unpaired) electrons. The van der Waals surface area contributed by atoms with Crippen LogP contribution < -0.4 is 0 Å². The molecule has 4 rings (SSSR count). The first-order valence-corrected chi connectivity index (χ1v) is 9.37. The summed E-state index contributed by atoms with van der Waals surface area (Å²) in [6.07, 6.45) is 5.09. The minimum Gasteiger partial charge on any atom is -0.339 e. The highest BCUT2D eigenvalue weighted by Gasteiger charge is 2.23. The number of rotatable bonds is 5. The second-order valence-electron chi connectivity index (χ2n) is 6.83. The molecular weight excluding hydrogens is 350 g/mol. The van der Waals surface area contributed by atoms with Crippen molar-refractivity contribution in [2.24, 2.45) is 0 Å². The van der Waals surface area contributed by atoms with Crippen LogP contribution in [0.3, 0.4) is 0 Å². The first-order chi connectivity index (χ1) is 12.7. The molecule has 0 spiro atoms. The molecule has 6 nitrogen and oxygen atoms in total. The van der Waals surface area contributed by atoms with Gasteiger partial charge in [-0.15, -0.1) is 0 Å². The number of hydrogen-bond donors (Lipinski definition) is 1. The number of aryl methyl sites for hydroxylation is 1. The van der Waals surface area contributed by atoms with Crippen molar-refractivity contribution in [1.82, 2.24) is 25.2 Å². The first kappa shape index (κ1) is 17.2. The Morgan fingerprint density at radius 2 is 2.00 bits per heavy atom. The summed E-state index contributed by atoms with van der Waals surface area (Å²) < 4.78 is 5.40. The highest BCUT2D eigenvalue weighted by molar-refractivity contribution is 6.30. The summed E-state index contributed by atoms with van der Waals surface area (Å²) in [7, 11) is 0. The van der Waals surface area contributed by atoms with Crippen LogP contribution in [0.1, 0.15) is 35.9 Å². The third kappa shape index (κ3) is 3.81. The van der Waals surface area contributed by atoms with Crippen LogP contribution in [0.5, 0.6) is 0 Å². The molecule has 3 aromatic rings. The number of aromatic nitrogens is 4. The van der Waals surface area contributed by atoms with Gasteiger partial charge in [0.1, 0.15) is 0 Å². The Balaban J connectivity index is 1.29. The van der Waals surface area contributed by atoms with Crippen LogP contribution in [0.15, 0.2) is 35.0 Å². The molecule has 0 amide bonds. The monoisotopic (exact) mass is 371 g/mol. The SMILES string of the molecule is Cc1[nH]ncc1C1CCN(CCc2nc(-c3ccc(Cl)cc3)no2)CC1. The van der Waals surface area contributed by atoms with Crippen LogP contribution >= 0.6 is 11.6 Å². The lowest BCUT2D eigenvalue weighted by Gasteiger charge is -2.31. The predicted molar refractivity (Wildman–Crippen MR) is 100 cm³/mol. The number of aromatic amines is 1. The van der Waals surface area contributed by atoms with Crippen LogP contribution in [0, 0.1) is 6.92 Å². The highest BCUT2D eigenvalue weighted by Crippen LogP contribution is 2.29. The number of halogens is 1. The van der Waals surface area contributed by atoms with Gasteiger partial charge in [0.15, 0.2) is 0 Å². The van der Waals surface area contributed by atoms with E-state index in [4.69, 9.17) is 16.1 Å². The van der Waals surface area contributed by atoms with Crippen molar-refractivity contribution in [2.75, 3.05) is 19.6 Å². The van der Waals surface area contributed by atoms with Gasteiger partial charge >= 0.3 is 0 Å². The van der Waals surface area contributed by atoms with Crippen molar-refractivity contribution < 1.29 is 4.52 Å². The molecule has 1 fully saturated rings. The number of likely N-dealkylation sites (tertiary alicyclic amines) is 1. The van der Waals surface area contributed by atoms with Crippen LogP contribution in [0.25, 0.3) is 11.4 Å². The van der Waals surface area contributed by atoms with E-state index in [9.17, 15) is 0 Å². The number of nitrogens with one attached hydrogen (secondary N) is 1. The van der Waals surface area contributed by atoms with Crippen LogP contribution in [0.2, 0.25) is 5.02 Å². The van der Waals surface area contributed by atoms with Gasteiger partial charge in [-0.2, -0.15) is 10.1 Å². The van der Waals surface area contributed by atoms with Gasteiger partial charge in [-0.25, -0.2) is 0 Å². The third-order valence-electron chi connectivity index (χ3n) is 5.11. The van der Waals surface area contributed by atoms with E-state index in [2.05, 4.69) is 32.2 Å². The standard InChI is InChI=1S/C19H22ClN5O/c1-13-17(12-21-23-13)14-6-9-25(10-7-14)11-8-18-22-19(24-26-18)15-2-4-16(20)5-3-15/h2-5,12,14H,6-11H2,1H3,(H,21,23). The average molecular weight is 372 g/mol. The second kappa shape index (κ2) is 7.60. The Labute approximate surface area is 157 Å². The van der Waals surface area contributed by atoms with Crippen molar-refractivity contribution in [2.45, 2.75) is 32.1 Å². The summed E-state index contributed by atoms with van der Waals surface area (Å²) in [5.74, 6) is 1.92. The summed E-state index contributed by atoms with van der Waals surface area (Å²) in [5.41, 5.74) is 3.49. The molecule has 0 bridgehead atoms. The Morgan fingerprint density at radius 3 is 2.69 bits per heavy atom. The summed E-state index contributed by atoms with van der Waals surface area (Å²) in [5, 5.41) is 12.0. The summed E-state index contributed by atoms with van der Waals surface area (Å²) in [4.78, 5) is 6.97. The summed E-state index contributed by atoms with van der Waals surface area (Å²) >= 11 is 5.92. The van der Waals surface area contributed by atoms with Crippen LogP contribution in [-0.4, -0.2) is 44.9 Å². The van der Waals surface area contributed by atoms with E-state index in [1.807, 2.05) is 30.5 Å². The van der Waals surface area contributed by atoms with E-state index in [0.717, 1.165) is 31.6 Å². The number of H-pyrrole nitrogens is 1. The van der Waals surface area contributed by atoms with Gasteiger partial charge in [-0.05, 0) is 68.6 Å². The number of nitrogens with zero attached hydrogens (tertiary/aromatic N) is 4. The lowest BCUT2D eigenvalue weighted by molar-refractivity contribution is 0.207. The molecule has 1 N–H and O–H groups in total. The van der Waals surface area contributed by atoms with Crippen molar-refractivity contribution in [3.63, 3.8) is 0 Å². The minimum absolute atomic E-state index is 0.616. The smallest absolute Gasteiger partial charge is 0.228 e. The van der Waals surface area contributed by atoms with Crippen molar-refractivity contribution in [1.29, 1.82) is 0 Å². The van der Waals surface area contributed by atoms with Gasteiger partial charge in [0.05, 0.1) is 6.20 Å². The third-order valence-corrected chi connectivity index (χ3v) is 5.36. The zero-order chi connectivity index (χ0) is 17.9. The molecular formula is C19H22ClN5O. The zero-order valence-corrected chi connectivity index (χ0v) is 15.5.